The zero-order chi connectivity index (χ0) is 30.5. The van der Waals surface area contributed by atoms with E-state index in [0.29, 0.717) is 5.82 Å². The highest BCUT2D eigenvalue weighted by molar-refractivity contribution is 6.18. The first kappa shape index (κ1) is 26.2. The van der Waals surface area contributed by atoms with Gasteiger partial charge in [0.1, 0.15) is 0 Å². The zero-order valence-corrected chi connectivity index (χ0v) is 25.0. The second kappa shape index (κ2) is 10.7. The Balaban J connectivity index is 1.21. The highest BCUT2D eigenvalue weighted by Gasteiger charge is 2.17. The second-order valence-corrected chi connectivity index (χ2v) is 11.5. The monoisotopic (exact) mass is 588 g/mol. The Labute approximate surface area is 266 Å². The van der Waals surface area contributed by atoms with Crippen LogP contribution in [0.3, 0.4) is 0 Å². The second-order valence-electron chi connectivity index (χ2n) is 11.5. The standard InChI is InChI=1S/C42H28N4/c1-4-12-29(13-5-1)37-28-38(30-14-6-2-7-15-30)44-42(43-37)31-20-22-33(23-21-31)46-40-19-11-10-18-34(40)35-24-25-39-36(41(35)46)26-27-45(39)32-16-8-3-9-17-32/h1-28H. The fraction of sp³-hybridized carbons (Fsp3) is 0. The minimum Gasteiger partial charge on any atom is -0.316 e. The van der Waals surface area contributed by atoms with Gasteiger partial charge in [-0.2, -0.15) is 0 Å². The summed E-state index contributed by atoms with van der Waals surface area (Å²) in [5.74, 6) is 0.705. The SMILES string of the molecule is c1ccc(-c2cc(-c3ccccc3)nc(-c3ccc(-n4c5ccccc5c5ccc6c(ccn6-c6ccccc6)c54)cc3)n2)cc1. The van der Waals surface area contributed by atoms with Crippen molar-refractivity contribution in [2.24, 2.45) is 0 Å². The molecule has 0 aliphatic rings. The summed E-state index contributed by atoms with van der Waals surface area (Å²) in [6.07, 6.45) is 2.17. The van der Waals surface area contributed by atoms with Crippen LogP contribution >= 0.6 is 0 Å². The molecule has 4 nitrogen and oxygen atoms in total. The van der Waals surface area contributed by atoms with Crippen LogP contribution < -0.4 is 0 Å². The molecule has 0 radical (unpaired) electrons. The van der Waals surface area contributed by atoms with E-state index in [-0.39, 0.29) is 0 Å². The van der Waals surface area contributed by atoms with Gasteiger partial charge in [-0.25, -0.2) is 9.97 Å². The molecule has 0 aliphatic heterocycles. The molecule has 3 heterocycles. The average molecular weight is 589 g/mol. The molecule has 3 aromatic heterocycles. The lowest BCUT2D eigenvalue weighted by molar-refractivity contribution is 1.13. The maximum Gasteiger partial charge on any atom is 0.160 e. The third-order valence-electron chi connectivity index (χ3n) is 8.79. The molecule has 46 heavy (non-hydrogen) atoms. The van der Waals surface area contributed by atoms with Crippen molar-refractivity contribution in [3.63, 3.8) is 0 Å². The van der Waals surface area contributed by atoms with Crippen molar-refractivity contribution in [1.29, 1.82) is 0 Å². The third-order valence-corrected chi connectivity index (χ3v) is 8.79. The highest BCUT2D eigenvalue weighted by Crippen LogP contribution is 2.38. The molecule has 0 saturated heterocycles. The molecule has 9 rings (SSSR count). The van der Waals surface area contributed by atoms with Crippen molar-refractivity contribution in [3.8, 4) is 45.3 Å². The predicted octanol–water partition coefficient (Wildman–Crippen LogP) is 10.5. The molecular weight excluding hydrogens is 560 g/mol. The minimum atomic E-state index is 0.705. The Morgan fingerprint density at radius 1 is 0.391 bits per heavy atom. The summed E-state index contributed by atoms with van der Waals surface area (Å²) in [6, 6.07) is 57.3. The number of hydrogen-bond acceptors (Lipinski definition) is 2. The molecular formula is C42H28N4. The third kappa shape index (κ3) is 4.31. The molecule has 0 saturated carbocycles. The Kier molecular flexibility index (Phi) is 6.10. The van der Waals surface area contributed by atoms with Crippen LogP contribution in [0.1, 0.15) is 0 Å². The number of aromatic nitrogens is 4. The van der Waals surface area contributed by atoms with E-state index in [4.69, 9.17) is 9.97 Å². The number of fused-ring (bicyclic) bond motifs is 5. The first-order valence-corrected chi connectivity index (χ1v) is 15.5. The molecule has 0 atom stereocenters. The van der Waals surface area contributed by atoms with Gasteiger partial charge in [0.2, 0.25) is 0 Å². The number of benzene rings is 6. The largest absolute Gasteiger partial charge is 0.316 e. The Hall–Kier alpha value is -6.26. The fourth-order valence-electron chi connectivity index (χ4n) is 6.61. The quantitative estimate of drug-likeness (QED) is 0.200. The maximum absolute atomic E-state index is 5.04. The van der Waals surface area contributed by atoms with Gasteiger partial charge in [0.25, 0.3) is 0 Å². The highest BCUT2D eigenvalue weighted by atomic mass is 15.0. The van der Waals surface area contributed by atoms with Crippen LogP contribution in [0.5, 0.6) is 0 Å². The Bertz CT molecular complexity index is 2430. The van der Waals surface area contributed by atoms with Crippen molar-refractivity contribution < 1.29 is 0 Å². The van der Waals surface area contributed by atoms with Gasteiger partial charge in [0.05, 0.1) is 27.9 Å². The predicted molar refractivity (Wildman–Crippen MR) is 190 cm³/mol. The molecule has 216 valence electrons. The van der Waals surface area contributed by atoms with Gasteiger partial charge in [-0.1, -0.05) is 103 Å². The van der Waals surface area contributed by atoms with E-state index >= 15 is 0 Å². The molecule has 4 heteroatoms. The van der Waals surface area contributed by atoms with Gasteiger partial charge < -0.3 is 9.13 Å². The van der Waals surface area contributed by atoms with Crippen LogP contribution in [-0.4, -0.2) is 19.1 Å². The summed E-state index contributed by atoms with van der Waals surface area (Å²) in [6.45, 7) is 0. The summed E-state index contributed by atoms with van der Waals surface area (Å²) in [4.78, 5) is 10.1. The lowest BCUT2D eigenvalue weighted by atomic mass is 10.1. The number of hydrogen-bond donors (Lipinski definition) is 0. The molecule has 0 aliphatic carbocycles. The van der Waals surface area contributed by atoms with Crippen molar-refractivity contribution >= 4 is 32.7 Å². The van der Waals surface area contributed by atoms with Crippen LogP contribution in [0.25, 0.3) is 78.0 Å². The lowest BCUT2D eigenvalue weighted by Crippen LogP contribution is -1.97. The summed E-state index contributed by atoms with van der Waals surface area (Å²) in [5.41, 5.74) is 10.7. The van der Waals surface area contributed by atoms with E-state index in [2.05, 4.69) is 143 Å². The average Bonchev–Trinajstić information content (AvgIpc) is 3.72. The number of para-hydroxylation sites is 2. The molecule has 0 amide bonds. The molecule has 0 bridgehead atoms. The molecule has 9 aromatic rings. The summed E-state index contributed by atoms with van der Waals surface area (Å²) in [7, 11) is 0. The zero-order valence-electron chi connectivity index (χ0n) is 25.0. The van der Waals surface area contributed by atoms with Crippen LogP contribution in [-0.2, 0) is 0 Å². The smallest absolute Gasteiger partial charge is 0.160 e. The van der Waals surface area contributed by atoms with E-state index in [0.717, 1.165) is 39.5 Å². The van der Waals surface area contributed by atoms with E-state index in [1.54, 1.807) is 0 Å². The summed E-state index contributed by atoms with van der Waals surface area (Å²) in [5, 5.41) is 3.69. The van der Waals surface area contributed by atoms with Crippen LogP contribution in [0.4, 0.5) is 0 Å². The van der Waals surface area contributed by atoms with Crippen molar-refractivity contribution in [2.45, 2.75) is 0 Å². The Morgan fingerprint density at radius 3 is 1.67 bits per heavy atom. The maximum atomic E-state index is 5.04. The summed E-state index contributed by atoms with van der Waals surface area (Å²) >= 11 is 0. The van der Waals surface area contributed by atoms with E-state index in [1.807, 2.05) is 36.4 Å². The number of rotatable bonds is 5. The van der Waals surface area contributed by atoms with Crippen LogP contribution in [0.15, 0.2) is 170 Å². The van der Waals surface area contributed by atoms with Crippen molar-refractivity contribution in [1.82, 2.24) is 19.1 Å². The first-order chi connectivity index (χ1) is 22.8. The molecule has 0 fully saturated rings. The van der Waals surface area contributed by atoms with Crippen LogP contribution in [0.2, 0.25) is 0 Å². The minimum absolute atomic E-state index is 0.705. The van der Waals surface area contributed by atoms with E-state index in [9.17, 15) is 0 Å². The van der Waals surface area contributed by atoms with Gasteiger partial charge in [0.15, 0.2) is 5.82 Å². The van der Waals surface area contributed by atoms with Gasteiger partial charge >= 0.3 is 0 Å². The molecule has 6 aromatic carbocycles. The normalized spacial score (nSPS) is 11.5. The van der Waals surface area contributed by atoms with E-state index in [1.165, 1.54) is 32.7 Å². The molecule has 0 N–H and O–H groups in total. The number of nitrogens with zero attached hydrogens (tertiary/aromatic N) is 4. The van der Waals surface area contributed by atoms with Gasteiger partial charge in [-0.05, 0) is 60.7 Å². The topological polar surface area (TPSA) is 35.6 Å². The van der Waals surface area contributed by atoms with Crippen molar-refractivity contribution in [3.05, 3.63) is 170 Å². The van der Waals surface area contributed by atoms with Gasteiger partial charge in [-0.3, -0.25) is 0 Å². The van der Waals surface area contributed by atoms with Gasteiger partial charge in [0, 0.05) is 50.4 Å². The van der Waals surface area contributed by atoms with Crippen LogP contribution in [0, 0.1) is 0 Å². The summed E-state index contributed by atoms with van der Waals surface area (Å²) < 4.78 is 4.66. The van der Waals surface area contributed by atoms with Gasteiger partial charge in [-0.15, -0.1) is 0 Å². The van der Waals surface area contributed by atoms with E-state index < -0.39 is 0 Å². The molecule has 0 unspecified atom stereocenters. The fourth-order valence-corrected chi connectivity index (χ4v) is 6.61. The Morgan fingerprint density at radius 2 is 1.00 bits per heavy atom. The molecule has 0 spiro atoms. The first-order valence-electron chi connectivity index (χ1n) is 15.5. The lowest BCUT2D eigenvalue weighted by Gasteiger charge is -2.12. The van der Waals surface area contributed by atoms with Crippen molar-refractivity contribution in [2.75, 3.05) is 0 Å².